The lowest BCUT2D eigenvalue weighted by Crippen LogP contribution is -2.35. The Morgan fingerprint density at radius 2 is 1.59 bits per heavy atom. The summed E-state index contributed by atoms with van der Waals surface area (Å²) in [5.74, 6) is 0.379. The van der Waals surface area contributed by atoms with Crippen LogP contribution in [-0.4, -0.2) is 11.0 Å². The maximum absolute atomic E-state index is 13.0. The van der Waals surface area contributed by atoms with Crippen LogP contribution in [0.25, 0.3) is 10.8 Å². The second-order valence-electron chi connectivity index (χ2n) is 7.41. The quantitative estimate of drug-likeness (QED) is 0.661. The predicted octanol–water partition coefficient (Wildman–Crippen LogP) is 5.33. The van der Waals surface area contributed by atoms with Crippen molar-refractivity contribution in [1.82, 2.24) is 5.32 Å². The summed E-state index contributed by atoms with van der Waals surface area (Å²) in [5.41, 5.74) is 1.75. The van der Waals surface area contributed by atoms with Crippen molar-refractivity contribution in [2.45, 2.75) is 38.1 Å². The van der Waals surface area contributed by atoms with Gasteiger partial charge >= 0.3 is 0 Å². The molecule has 138 valence electrons. The molecule has 3 nitrogen and oxygen atoms in total. The predicted molar refractivity (Wildman–Crippen MR) is 109 cm³/mol. The van der Waals surface area contributed by atoms with Crippen molar-refractivity contribution < 1.29 is 9.90 Å². The van der Waals surface area contributed by atoms with Crippen molar-refractivity contribution in [2.75, 3.05) is 0 Å². The topological polar surface area (TPSA) is 49.3 Å². The van der Waals surface area contributed by atoms with Crippen LogP contribution in [-0.2, 0) is 4.79 Å². The SMILES string of the molecule is O=C(N[C@@H](c1ccccc1)c1c(O)ccc2ccccc12)C1CCCCC1. The lowest BCUT2D eigenvalue weighted by Gasteiger charge is -2.27. The van der Waals surface area contributed by atoms with E-state index in [1.807, 2.05) is 60.7 Å². The molecule has 1 atom stereocenters. The maximum atomic E-state index is 13.0. The highest BCUT2D eigenvalue weighted by atomic mass is 16.3. The molecule has 3 aromatic carbocycles. The van der Waals surface area contributed by atoms with Crippen LogP contribution in [0.15, 0.2) is 66.7 Å². The van der Waals surface area contributed by atoms with Gasteiger partial charge in [0, 0.05) is 11.5 Å². The number of benzene rings is 3. The maximum Gasteiger partial charge on any atom is 0.223 e. The fraction of sp³-hybridized carbons (Fsp3) is 0.292. The summed E-state index contributed by atoms with van der Waals surface area (Å²) in [6.07, 6.45) is 5.36. The van der Waals surface area contributed by atoms with E-state index in [1.165, 1.54) is 6.42 Å². The Hall–Kier alpha value is -2.81. The molecule has 4 rings (SSSR count). The van der Waals surface area contributed by atoms with Gasteiger partial charge in [0.15, 0.2) is 0 Å². The molecule has 1 saturated carbocycles. The fourth-order valence-electron chi connectivity index (χ4n) is 4.18. The summed E-state index contributed by atoms with van der Waals surface area (Å²) >= 11 is 0. The molecule has 2 N–H and O–H groups in total. The van der Waals surface area contributed by atoms with Gasteiger partial charge in [-0.3, -0.25) is 4.79 Å². The van der Waals surface area contributed by atoms with Crippen molar-refractivity contribution in [2.24, 2.45) is 5.92 Å². The molecule has 0 aromatic heterocycles. The molecule has 1 aliphatic rings. The lowest BCUT2D eigenvalue weighted by atomic mass is 9.87. The number of phenolic OH excluding ortho intramolecular Hbond substituents is 1. The number of hydrogen-bond acceptors (Lipinski definition) is 2. The largest absolute Gasteiger partial charge is 0.508 e. The normalized spacial score (nSPS) is 16.1. The van der Waals surface area contributed by atoms with Crippen molar-refractivity contribution in [1.29, 1.82) is 0 Å². The van der Waals surface area contributed by atoms with Crippen LogP contribution in [0.2, 0.25) is 0 Å². The smallest absolute Gasteiger partial charge is 0.223 e. The van der Waals surface area contributed by atoms with Gasteiger partial charge in [0.25, 0.3) is 0 Å². The van der Waals surface area contributed by atoms with E-state index >= 15 is 0 Å². The fourth-order valence-corrected chi connectivity index (χ4v) is 4.18. The highest BCUT2D eigenvalue weighted by molar-refractivity contribution is 5.89. The summed E-state index contributed by atoms with van der Waals surface area (Å²) in [6.45, 7) is 0. The second-order valence-corrected chi connectivity index (χ2v) is 7.41. The number of fused-ring (bicyclic) bond motifs is 1. The number of aromatic hydroxyl groups is 1. The Kier molecular flexibility index (Phi) is 5.10. The summed E-state index contributed by atoms with van der Waals surface area (Å²) in [7, 11) is 0. The molecular formula is C24H25NO2. The summed E-state index contributed by atoms with van der Waals surface area (Å²) in [5, 5.41) is 16.0. The Morgan fingerprint density at radius 1 is 0.889 bits per heavy atom. The number of nitrogens with one attached hydrogen (secondary N) is 1. The molecule has 0 aliphatic heterocycles. The molecule has 1 amide bonds. The van der Waals surface area contributed by atoms with Crippen LogP contribution in [0.3, 0.4) is 0 Å². The van der Waals surface area contributed by atoms with Crippen molar-refractivity contribution in [3.8, 4) is 5.75 Å². The van der Waals surface area contributed by atoms with E-state index in [0.29, 0.717) is 0 Å². The Labute approximate surface area is 160 Å². The number of carbonyl (C=O) groups is 1. The Bertz CT molecular complexity index is 930. The molecule has 0 saturated heterocycles. The van der Waals surface area contributed by atoms with Crippen molar-refractivity contribution in [3.63, 3.8) is 0 Å². The third-order valence-electron chi connectivity index (χ3n) is 5.63. The monoisotopic (exact) mass is 359 g/mol. The first kappa shape index (κ1) is 17.6. The van der Waals surface area contributed by atoms with Crippen molar-refractivity contribution in [3.05, 3.63) is 77.9 Å². The van der Waals surface area contributed by atoms with Crippen molar-refractivity contribution >= 4 is 16.7 Å². The number of hydrogen-bond donors (Lipinski definition) is 2. The number of phenols is 1. The molecule has 0 radical (unpaired) electrons. The van der Waals surface area contributed by atoms with E-state index in [2.05, 4.69) is 5.32 Å². The van der Waals surface area contributed by atoms with E-state index in [1.54, 1.807) is 6.07 Å². The molecule has 0 spiro atoms. The van der Waals surface area contributed by atoms with Crippen LogP contribution in [0, 0.1) is 5.92 Å². The van der Waals surface area contributed by atoms with Gasteiger partial charge in [0.1, 0.15) is 5.75 Å². The average Bonchev–Trinajstić information content (AvgIpc) is 2.73. The van der Waals surface area contributed by atoms with Crippen LogP contribution in [0.5, 0.6) is 5.75 Å². The van der Waals surface area contributed by atoms with Crippen LogP contribution < -0.4 is 5.32 Å². The van der Waals surface area contributed by atoms with Gasteiger partial charge < -0.3 is 10.4 Å². The zero-order valence-electron chi connectivity index (χ0n) is 15.4. The summed E-state index contributed by atoms with van der Waals surface area (Å²) in [6, 6.07) is 21.2. The average molecular weight is 359 g/mol. The third kappa shape index (κ3) is 3.68. The highest BCUT2D eigenvalue weighted by Gasteiger charge is 2.27. The first-order valence-electron chi connectivity index (χ1n) is 9.80. The molecule has 1 aliphatic carbocycles. The molecule has 0 bridgehead atoms. The van der Waals surface area contributed by atoms with E-state index in [9.17, 15) is 9.90 Å². The van der Waals surface area contributed by atoms with E-state index in [-0.39, 0.29) is 23.6 Å². The molecule has 3 heteroatoms. The van der Waals surface area contributed by atoms with E-state index < -0.39 is 0 Å². The summed E-state index contributed by atoms with van der Waals surface area (Å²) in [4.78, 5) is 13.0. The first-order chi connectivity index (χ1) is 13.2. The standard InChI is InChI=1S/C24H25NO2/c26-21-16-15-17-9-7-8-14-20(17)22(21)23(18-10-3-1-4-11-18)25-24(27)19-12-5-2-6-13-19/h1,3-4,7-11,14-16,19,23,26H,2,5-6,12-13H2,(H,25,27)/t23-/m0/s1. The first-order valence-corrected chi connectivity index (χ1v) is 9.80. The minimum absolute atomic E-state index is 0.0714. The molecule has 27 heavy (non-hydrogen) atoms. The number of amides is 1. The highest BCUT2D eigenvalue weighted by Crippen LogP contribution is 2.36. The molecule has 0 heterocycles. The molecule has 3 aromatic rings. The minimum Gasteiger partial charge on any atom is -0.508 e. The zero-order chi connectivity index (χ0) is 18.6. The lowest BCUT2D eigenvalue weighted by molar-refractivity contribution is -0.126. The van der Waals surface area contributed by atoms with Gasteiger partial charge in [-0.25, -0.2) is 0 Å². The Balaban J connectivity index is 1.77. The third-order valence-corrected chi connectivity index (χ3v) is 5.63. The Morgan fingerprint density at radius 3 is 2.37 bits per heavy atom. The second kappa shape index (κ2) is 7.83. The van der Waals surface area contributed by atoms with Crippen LogP contribution in [0.4, 0.5) is 0 Å². The summed E-state index contributed by atoms with van der Waals surface area (Å²) < 4.78 is 0. The van der Waals surface area contributed by atoms with E-state index in [0.717, 1.165) is 47.6 Å². The van der Waals surface area contributed by atoms with E-state index in [4.69, 9.17) is 0 Å². The van der Waals surface area contributed by atoms with Gasteiger partial charge in [-0.05, 0) is 35.2 Å². The van der Waals surface area contributed by atoms with Gasteiger partial charge in [-0.1, -0.05) is 79.9 Å². The van der Waals surface area contributed by atoms with Gasteiger partial charge in [0.05, 0.1) is 6.04 Å². The van der Waals surface area contributed by atoms with Crippen LogP contribution >= 0.6 is 0 Å². The van der Waals surface area contributed by atoms with Gasteiger partial charge in [-0.2, -0.15) is 0 Å². The minimum atomic E-state index is -0.369. The molecule has 1 fully saturated rings. The number of rotatable bonds is 4. The zero-order valence-corrected chi connectivity index (χ0v) is 15.4. The number of carbonyl (C=O) groups excluding carboxylic acids is 1. The van der Waals surface area contributed by atoms with Gasteiger partial charge in [0.2, 0.25) is 5.91 Å². The molecular weight excluding hydrogens is 334 g/mol. The van der Waals surface area contributed by atoms with Crippen LogP contribution in [0.1, 0.15) is 49.3 Å². The van der Waals surface area contributed by atoms with Gasteiger partial charge in [-0.15, -0.1) is 0 Å². The molecule has 0 unspecified atom stereocenters.